The normalized spacial score (nSPS) is 14.1. The quantitative estimate of drug-likeness (QED) is 0.436. The number of imide groups is 1. The second-order valence-corrected chi connectivity index (χ2v) is 7.01. The van der Waals surface area contributed by atoms with Crippen molar-refractivity contribution in [3.63, 3.8) is 0 Å². The molecule has 0 spiro atoms. The summed E-state index contributed by atoms with van der Waals surface area (Å²) in [7, 11) is 0. The number of ether oxygens (including phenoxy) is 1. The SMILES string of the molecule is O=C1C(Nc2ccc(OC(F)(F)F)cc2)=C(c2ccc(F)cc2)C(=O)N1Cc1ccncc1. The number of aromatic nitrogens is 1. The largest absolute Gasteiger partial charge is 0.573 e. The van der Waals surface area contributed by atoms with Crippen molar-refractivity contribution in [3.05, 3.63) is 95.7 Å². The highest BCUT2D eigenvalue weighted by Crippen LogP contribution is 2.32. The van der Waals surface area contributed by atoms with Gasteiger partial charge in [0.2, 0.25) is 0 Å². The second kappa shape index (κ2) is 8.73. The van der Waals surface area contributed by atoms with Crippen LogP contribution >= 0.6 is 0 Å². The lowest BCUT2D eigenvalue weighted by Gasteiger charge is -2.15. The molecule has 0 bridgehead atoms. The van der Waals surface area contributed by atoms with Crippen LogP contribution in [0.4, 0.5) is 23.2 Å². The molecule has 168 valence electrons. The van der Waals surface area contributed by atoms with E-state index in [4.69, 9.17) is 0 Å². The zero-order chi connectivity index (χ0) is 23.6. The van der Waals surface area contributed by atoms with Gasteiger partial charge in [-0.1, -0.05) is 12.1 Å². The van der Waals surface area contributed by atoms with Crippen molar-refractivity contribution in [3.8, 4) is 5.75 Å². The summed E-state index contributed by atoms with van der Waals surface area (Å²) in [5.74, 6) is -2.18. The molecule has 1 aliphatic rings. The lowest BCUT2D eigenvalue weighted by molar-refractivity contribution is -0.274. The van der Waals surface area contributed by atoms with Crippen molar-refractivity contribution in [1.29, 1.82) is 0 Å². The van der Waals surface area contributed by atoms with E-state index in [0.717, 1.165) is 29.2 Å². The van der Waals surface area contributed by atoms with Gasteiger partial charge in [-0.25, -0.2) is 4.39 Å². The molecule has 1 aliphatic heterocycles. The van der Waals surface area contributed by atoms with E-state index in [1.165, 1.54) is 36.7 Å². The van der Waals surface area contributed by atoms with Gasteiger partial charge in [0.15, 0.2) is 0 Å². The van der Waals surface area contributed by atoms with Crippen LogP contribution in [-0.2, 0) is 16.1 Å². The van der Waals surface area contributed by atoms with Gasteiger partial charge >= 0.3 is 6.36 Å². The average molecular weight is 457 g/mol. The van der Waals surface area contributed by atoms with Gasteiger partial charge in [0, 0.05) is 18.1 Å². The van der Waals surface area contributed by atoms with E-state index in [1.807, 2.05) is 0 Å². The lowest BCUT2D eigenvalue weighted by atomic mass is 10.0. The first-order valence-electron chi connectivity index (χ1n) is 9.59. The fraction of sp³-hybridized carbons (Fsp3) is 0.0870. The van der Waals surface area contributed by atoms with Crippen LogP contribution in [0, 0.1) is 5.82 Å². The Hall–Kier alpha value is -4.21. The van der Waals surface area contributed by atoms with Crippen LogP contribution < -0.4 is 10.1 Å². The molecule has 0 saturated carbocycles. The number of nitrogens with zero attached hydrogens (tertiary/aromatic N) is 2. The summed E-state index contributed by atoms with van der Waals surface area (Å²) < 4.78 is 54.4. The van der Waals surface area contributed by atoms with E-state index in [2.05, 4.69) is 15.0 Å². The number of halogens is 4. The van der Waals surface area contributed by atoms with Crippen LogP contribution in [0.3, 0.4) is 0 Å². The maximum Gasteiger partial charge on any atom is 0.573 e. The molecule has 3 aromatic rings. The zero-order valence-corrected chi connectivity index (χ0v) is 16.8. The molecule has 1 N–H and O–H groups in total. The van der Waals surface area contributed by atoms with Crippen LogP contribution in [-0.4, -0.2) is 28.1 Å². The smallest absolute Gasteiger partial charge is 0.406 e. The third-order valence-corrected chi connectivity index (χ3v) is 4.75. The Balaban J connectivity index is 1.67. The van der Waals surface area contributed by atoms with E-state index in [0.29, 0.717) is 11.1 Å². The number of pyridine rings is 1. The predicted octanol–water partition coefficient (Wildman–Crippen LogP) is 4.51. The molecule has 10 heteroatoms. The van der Waals surface area contributed by atoms with Crippen molar-refractivity contribution in [2.45, 2.75) is 12.9 Å². The molecular weight excluding hydrogens is 442 g/mol. The highest BCUT2D eigenvalue weighted by atomic mass is 19.4. The molecule has 0 unspecified atom stereocenters. The minimum Gasteiger partial charge on any atom is -0.406 e. The molecule has 4 rings (SSSR count). The minimum atomic E-state index is -4.84. The Bertz CT molecular complexity index is 1210. The maximum absolute atomic E-state index is 13.4. The number of carbonyl (C=O) groups excluding carboxylic acids is 2. The molecule has 0 atom stereocenters. The summed E-state index contributed by atoms with van der Waals surface area (Å²) in [4.78, 5) is 31.2. The van der Waals surface area contributed by atoms with Crippen molar-refractivity contribution in [1.82, 2.24) is 9.88 Å². The van der Waals surface area contributed by atoms with Crippen LogP contribution in [0.25, 0.3) is 5.57 Å². The highest BCUT2D eigenvalue weighted by Gasteiger charge is 2.39. The molecule has 33 heavy (non-hydrogen) atoms. The maximum atomic E-state index is 13.4. The van der Waals surface area contributed by atoms with Gasteiger partial charge in [0.05, 0.1) is 12.1 Å². The average Bonchev–Trinajstić information content (AvgIpc) is 3.00. The number of hydrogen-bond acceptors (Lipinski definition) is 5. The van der Waals surface area contributed by atoms with E-state index in [-0.39, 0.29) is 23.5 Å². The van der Waals surface area contributed by atoms with Gasteiger partial charge in [-0.2, -0.15) is 0 Å². The Kier molecular flexibility index (Phi) is 5.82. The fourth-order valence-corrected chi connectivity index (χ4v) is 3.28. The Morgan fingerprint density at radius 3 is 2.12 bits per heavy atom. The number of anilines is 1. The predicted molar refractivity (Wildman–Crippen MR) is 110 cm³/mol. The number of rotatable bonds is 6. The standard InChI is InChI=1S/C23H15F4N3O3/c24-16-3-1-15(2-4-16)19-20(29-17-5-7-18(8-6-17)33-23(25,26)27)22(32)30(21(19)31)13-14-9-11-28-12-10-14/h1-12,29H,13H2. The molecule has 0 aliphatic carbocycles. The Labute approximate surface area is 185 Å². The van der Waals surface area contributed by atoms with Gasteiger partial charge in [-0.15, -0.1) is 13.2 Å². The first-order valence-corrected chi connectivity index (χ1v) is 9.59. The van der Waals surface area contributed by atoms with Crippen molar-refractivity contribution < 1.29 is 31.9 Å². The summed E-state index contributed by atoms with van der Waals surface area (Å²) in [6, 6.07) is 13.1. The molecule has 2 amide bonds. The minimum absolute atomic E-state index is 0.0182. The Morgan fingerprint density at radius 1 is 0.879 bits per heavy atom. The molecule has 6 nitrogen and oxygen atoms in total. The second-order valence-electron chi connectivity index (χ2n) is 7.01. The summed E-state index contributed by atoms with van der Waals surface area (Å²) in [6.07, 6.45) is -1.79. The third-order valence-electron chi connectivity index (χ3n) is 4.75. The fourth-order valence-electron chi connectivity index (χ4n) is 3.28. The highest BCUT2D eigenvalue weighted by molar-refractivity contribution is 6.36. The van der Waals surface area contributed by atoms with E-state index in [1.54, 1.807) is 12.1 Å². The summed E-state index contributed by atoms with van der Waals surface area (Å²) in [5, 5.41) is 2.81. The molecular formula is C23H15F4N3O3. The van der Waals surface area contributed by atoms with E-state index >= 15 is 0 Å². The van der Waals surface area contributed by atoms with Gasteiger partial charge in [-0.05, 0) is 59.7 Å². The number of carbonyl (C=O) groups is 2. The molecule has 0 fully saturated rings. The number of benzene rings is 2. The number of nitrogens with one attached hydrogen (secondary N) is 1. The third kappa shape index (κ3) is 5.00. The van der Waals surface area contributed by atoms with Crippen molar-refractivity contribution >= 4 is 23.1 Å². The summed E-state index contributed by atoms with van der Waals surface area (Å²) in [5.41, 5.74) is 1.17. The molecule has 2 heterocycles. The van der Waals surface area contributed by atoms with Crippen LogP contribution in [0.1, 0.15) is 11.1 Å². The lowest BCUT2D eigenvalue weighted by Crippen LogP contribution is -2.32. The van der Waals surface area contributed by atoms with Gasteiger partial charge < -0.3 is 10.1 Å². The first kappa shape index (κ1) is 22.0. The number of alkyl halides is 3. The molecule has 0 saturated heterocycles. The van der Waals surface area contributed by atoms with Crippen LogP contribution in [0.2, 0.25) is 0 Å². The van der Waals surface area contributed by atoms with Gasteiger partial charge in [0.1, 0.15) is 17.3 Å². The zero-order valence-electron chi connectivity index (χ0n) is 16.8. The van der Waals surface area contributed by atoms with E-state index in [9.17, 15) is 27.2 Å². The van der Waals surface area contributed by atoms with Gasteiger partial charge in [-0.3, -0.25) is 19.5 Å². The number of hydrogen-bond donors (Lipinski definition) is 1. The van der Waals surface area contributed by atoms with Crippen LogP contribution in [0.15, 0.2) is 78.8 Å². The molecule has 1 aromatic heterocycles. The molecule has 2 aromatic carbocycles. The van der Waals surface area contributed by atoms with Gasteiger partial charge in [0.25, 0.3) is 11.8 Å². The number of amides is 2. The monoisotopic (exact) mass is 457 g/mol. The first-order chi connectivity index (χ1) is 15.7. The topological polar surface area (TPSA) is 71.5 Å². The summed E-state index contributed by atoms with van der Waals surface area (Å²) in [6.45, 7) is -0.0194. The van der Waals surface area contributed by atoms with E-state index < -0.39 is 29.7 Å². The molecule has 0 radical (unpaired) electrons. The summed E-state index contributed by atoms with van der Waals surface area (Å²) >= 11 is 0. The Morgan fingerprint density at radius 2 is 1.52 bits per heavy atom. The van der Waals surface area contributed by atoms with Crippen molar-refractivity contribution in [2.24, 2.45) is 0 Å². The van der Waals surface area contributed by atoms with Crippen molar-refractivity contribution in [2.75, 3.05) is 5.32 Å². The van der Waals surface area contributed by atoms with Crippen LogP contribution in [0.5, 0.6) is 5.75 Å².